The molecule has 0 aliphatic heterocycles. The van der Waals surface area contributed by atoms with Crippen LogP contribution in [0.4, 0.5) is 5.69 Å². The second-order valence-corrected chi connectivity index (χ2v) is 10.8. The van der Waals surface area contributed by atoms with Crippen molar-refractivity contribution in [3.63, 3.8) is 0 Å². The van der Waals surface area contributed by atoms with Crippen molar-refractivity contribution in [1.29, 1.82) is 5.26 Å². The van der Waals surface area contributed by atoms with Crippen LogP contribution in [0.15, 0.2) is 102 Å². The number of sulfonamides is 1. The molecule has 0 aromatic heterocycles. The maximum atomic E-state index is 12.9. The Bertz CT molecular complexity index is 1570. The van der Waals surface area contributed by atoms with E-state index in [1.165, 1.54) is 0 Å². The average molecular weight is 526 g/mol. The first-order valence-electron chi connectivity index (χ1n) is 12.0. The first kappa shape index (κ1) is 26.6. The van der Waals surface area contributed by atoms with E-state index in [2.05, 4.69) is 16.1 Å². The number of rotatable bonds is 9. The van der Waals surface area contributed by atoms with Crippen molar-refractivity contribution in [1.82, 2.24) is 4.72 Å². The summed E-state index contributed by atoms with van der Waals surface area (Å²) in [6, 6.07) is 29.6. The molecule has 0 atom stereocenters. The third-order valence-corrected chi connectivity index (χ3v) is 7.09. The van der Waals surface area contributed by atoms with E-state index in [0.29, 0.717) is 34.9 Å². The minimum absolute atomic E-state index is 0.207. The molecule has 38 heavy (non-hydrogen) atoms. The number of ether oxygens (including phenoxy) is 1. The van der Waals surface area contributed by atoms with Crippen LogP contribution in [0.2, 0.25) is 0 Å². The van der Waals surface area contributed by atoms with Gasteiger partial charge in [0.25, 0.3) is 5.91 Å². The van der Waals surface area contributed by atoms with E-state index in [4.69, 9.17) is 10.00 Å². The highest BCUT2D eigenvalue weighted by Gasteiger charge is 2.15. The molecule has 0 heterocycles. The second kappa shape index (κ2) is 11.7. The van der Waals surface area contributed by atoms with Gasteiger partial charge in [-0.1, -0.05) is 56.3 Å². The number of hydrogen-bond acceptors (Lipinski definition) is 5. The number of nitrogens with one attached hydrogen (secondary N) is 2. The number of anilines is 1. The van der Waals surface area contributed by atoms with Gasteiger partial charge < -0.3 is 10.1 Å². The van der Waals surface area contributed by atoms with Gasteiger partial charge in [0.2, 0.25) is 10.0 Å². The number of amides is 1. The van der Waals surface area contributed by atoms with E-state index in [1.807, 2.05) is 26.0 Å². The standard InChI is InChI=1S/C30H27N3O4S/c1-21(2)20-32-38(35,36)27-16-14-24(15-17-27)23-10-12-25(13-11-23)30(34)33-28-8-3-4-9-29(28)37-26-7-5-6-22(18-26)19-31/h3-18,21,32H,20H2,1-2H3,(H,33,34). The summed E-state index contributed by atoms with van der Waals surface area (Å²) in [6.07, 6.45) is 0. The van der Waals surface area contributed by atoms with Crippen LogP contribution in [-0.4, -0.2) is 20.9 Å². The van der Waals surface area contributed by atoms with Gasteiger partial charge in [0, 0.05) is 12.1 Å². The molecule has 0 bridgehead atoms. The Hall–Kier alpha value is -4.45. The summed E-state index contributed by atoms with van der Waals surface area (Å²) in [5.41, 5.74) is 3.10. The molecule has 0 aliphatic rings. The Morgan fingerprint density at radius 3 is 2.21 bits per heavy atom. The molecule has 0 fully saturated rings. The monoisotopic (exact) mass is 525 g/mol. The molecular weight excluding hydrogens is 498 g/mol. The average Bonchev–Trinajstić information content (AvgIpc) is 2.93. The number of carbonyl (C=O) groups excluding carboxylic acids is 1. The summed E-state index contributed by atoms with van der Waals surface area (Å²) in [5, 5.41) is 12.0. The maximum Gasteiger partial charge on any atom is 0.255 e. The molecule has 0 saturated carbocycles. The molecule has 0 radical (unpaired) electrons. The van der Waals surface area contributed by atoms with Crippen molar-refractivity contribution in [2.45, 2.75) is 18.7 Å². The van der Waals surface area contributed by atoms with Crippen molar-refractivity contribution in [2.75, 3.05) is 11.9 Å². The van der Waals surface area contributed by atoms with Crippen LogP contribution in [0.1, 0.15) is 29.8 Å². The molecule has 7 nitrogen and oxygen atoms in total. The third-order valence-electron chi connectivity index (χ3n) is 5.65. The zero-order valence-corrected chi connectivity index (χ0v) is 21.8. The molecule has 4 rings (SSSR count). The fraction of sp³-hybridized carbons (Fsp3) is 0.133. The van der Waals surface area contributed by atoms with E-state index >= 15 is 0 Å². The number of nitriles is 1. The van der Waals surface area contributed by atoms with Crippen LogP contribution in [0, 0.1) is 17.2 Å². The number of nitrogens with zero attached hydrogens (tertiary/aromatic N) is 1. The summed E-state index contributed by atoms with van der Waals surface area (Å²) in [4.78, 5) is 13.2. The zero-order chi connectivity index (χ0) is 27.1. The lowest BCUT2D eigenvalue weighted by molar-refractivity contribution is 0.102. The Labute approximate surface area is 222 Å². The topological polar surface area (TPSA) is 108 Å². The van der Waals surface area contributed by atoms with E-state index in [1.54, 1.807) is 84.9 Å². The van der Waals surface area contributed by atoms with E-state index in [0.717, 1.165) is 11.1 Å². The van der Waals surface area contributed by atoms with Crippen molar-refractivity contribution >= 4 is 21.6 Å². The molecule has 0 spiro atoms. The van der Waals surface area contributed by atoms with Crippen molar-refractivity contribution < 1.29 is 17.9 Å². The van der Waals surface area contributed by atoms with Gasteiger partial charge in [0.05, 0.1) is 22.2 Å². The highest BCUT2D eigenvalue weighted by Crippen LogP contribution is 2.30. The van der Waals surface area contributed by atoms with E-state index in [9.17, 15) is 13.2 Å². The SMILES string of the molecule is CC(C)CNS(=O)(=O)c1ccc(-c2ccc(C(=O)Nc3ccccc3Oc3cccc(C#N)c3)cc2)cc1. The molecule has 0 unspecified atom stereocenters. The second-order valence-electron chi connectivity index (χ2n) is 9.04. The fourth-order valence-electron chi connectivity index (χ4n) is 3.61. The predicted octanol–water partition coefficient (Wildman–Crippen LogP) is 6.20. The van der Waals surface area contributed by atoms with Crippen LogP contribution in [0.25, 0.3) is 11.1 Å². The van der Waals surface area contributed by atoms with Gasteiger partial charge in [-0.15, -0.1) is 0 Å². The highest BCUT2D eigenvalue weighted by atomic mass is 32.2. The highest BCUT2D eigenvalue weighted by molar-refractivity contribution is 7.89. The molecule has 4 aromatic carbocycles. The van der Waals surface area contributed by atoms with Crippen LogP contribution in [-0.2, 0) is 10.0 Å². The van der Waals surface area contributed by atoms with Crippen LogP contribution < -0.4 is 14.8 Å². The first-order chi connectivity index (χ1) is 18.2. The Balaban J connectivity index is 1.45. The van der Waals surface area contributed by atoms with Gasteiger partial charge in [0.15, 0.2) is 5.75 Å². The summed E-state index contributed by atoms with van der Waals surface area (Å²) in [7, 11) is -3.56. The summed E-state index contributed by atoms with van der Waals surface area (Å²) < 4.78 is 33.4. The van der Waals surface area contributed by atoms with Crippen molar-refractivity contribution in [3.05, 3.63) is 108 Å². The minimum Gasteiger partial charge on any atom is -0.455 e. The molecule has 0 aliphatic carbocycles. The maximum absolute atomic E-state index is 12.9. The third kappa shape index (κ3) is 6.65. The van der Waals surface area contributed by atoms with Crippen LogP contribution in [0.3, 0.4) is 0 Å². The minimum atomic E-state index is -3.56. The lowest BCUT2D eigenvalue weighted by Gasteiger charge is -2.13. The quantitative estimate of drug-likeness (QED) is 0.270. The molecule has 0 saturated heterocycles. The largest absolute Gasteiger partial charge is 0.455 e. The molecule has 8 heteroatoms. The Morgan fingerprint density at radius 1 is 0.895 bits per heavy atom. The van der Waals surface area contributed by atoms with Crippen LogP contribution in [0.5, 0.6) is 11.5 Å². The first-order valence-corrected chi connectivity index (χ1v) is 13.5. The Morgan fingerprint density at radius 2 is 1.55 bits per heavy atom. The molecule has 1 amide bonds. The number of carbonyl (C=O) groups is 1. The number of hydrogen-bond donors (Lipinski definition) is 2. The summed E-state index contributed by atoms with van der Waals surface area (Å²) >= 11 is 0. The number of benzene rings is 4. The predicted molar refractivity (Wildman–Crippen MR) is 148 cm³/mol. The molecule has 192 valence electrons. The smallest absolute Gasteiger partial charge is 0.255 e. The fourth-order valence-corrected chi connectivity index (χ4v) is 4.82. The van der Waals surface area contributed by atoms with Crippen molar-refractivity contribution in [3.8, 4) is 28.7 Å². The lowest BCUT2D eigenvalue weighted by Crippen LogP contribution is -2.27. The molecule has 2 N–H and O–H groups in total. The van der Waals surface area contributed by atoms with Crippen LogP contribution >= 0.6 is 0 Å². The lowest BCUT2D eigenvalue weighted by atomic mass is 10.0. The van der Waals surface area contributed by atoms with Gasteiger partial charge in [0.1, 0.15) is 5.75 Å². The van der Waals surface area contributed by atoms with Gasteiger partial charge in [-0.25, -0.2) is 13.1 Å². The molecule has 4 aromatic rings. The van der Waals surface area contributed by atoms with E-state index in [-0.39, 0.29) is 16.7 Å². The van der Waals surface area contributed by atoms with Gasteiger partial charge in [-0.05, 0) is 71.6 Å². The molecular formula is C30H27N3O4S. The Kier molecular flexibility index (Phi) is 8.22. The van der Waals surface area contributed by atoms with Crippen molar-refractivity contribution in [2.24, 2.45) is 5.92 Å². The normalized spacial score (nSPS) is 11.1. The zero-order valence-electron chi connectivity index (χ0n) is 21.0. The summed E-state index contributed by atoms with van der Waals surface area (Å²) in [6.45, 7) is 4.26. The van der Waals surface area contributed by atoms with Gasteiger partial charge in [-0.3, -0.25) is 4.79 Å². The van der Waals surface area contributed by atoms with E-state index < -0.39 is 10.0 Å². The summed E-state index contributed by atoms with van der Waals surface area (Å²) in [5.74, 6) is 0.841. The number of para-hydroxylation sites is 2. The van der Waals surface area contributed by atoms with Gasteiger partial charge in [-0.2, -0.15) is 5.26 Å². The van der Waals surface area contributed by atoms with Gasteiger partial charge >= 0.3 is 0 Å².